The van der Waals surface area contributed by atoms with E-state index >= 15 is 0 Å². The summed E-state index contributed by atoms with van der Waals surface area (Å²) in [5.41, 5.74) is 2.97. The van der Waals surface area contributed by atoms with E-state index in [1.165, 1.54) is 5.56 Å². The first kappa shape index (κ1) is 20.5. The molecule has 6 nitrogen and oxygen atoms in total. The molecule has 0 aliphatic carbocycles. The Morgan fingerprint density at radius 1 is 1.03 bits per heavy atom. The number of benzene rings is 2. The number of aromatic amines is 1. The van der Waals surface area contributed by atoms with Gasteiger partial charge in [-0.3, -0.25) is 9.59 Å². The first-order valence-electron chi connectivity index (χ1n) is 9.59. The predicted octanol–water partition coefficient (Wildman–Crippen LogP) is 4.24. The third-order valence-electron chi connectivity index (χ3n) is 4.91. The van der Waals surface area contributed by atoms with Gasteiger partial charge in [-0.1, -0.05) is 26.0 Å². The minimum atomic E-state index is -0.209. The van der Waals surface area contributed by atoms with Crippen molar-refractivity contribution in [2.75, 3.05) is 19.5 Å². The van der Waals surface area contributed by atoms with Gasteiger partial charge in [-0.15, -0.1) is 0 Å². The Kier molecular flexibility index (Phi) is 6.22. The molecule has 0 fully saturated rings. The van der Waals surface area contributed by atoms with E-state index in [4.69, 9.17) is 9.47 Å². The van der Waals surface area contributed by atoms with Crippen LogP contribution in [0.1, 0.15) is 37.3 Å². The van der Waals surface area contributed by atoms with E-state index in [1.807, 2.05) is 30.3 Å². The first-order chi connectivity index (χ1) is 13.9. The lowest BCUT2D eigenvalue weighted by molar-refractivity contribution is -0.116. The van der Waals surface area contributed by atoms with Crippen molar-refractivity contribution in [2.24, 2.45) is 0 Å². The Morgan fingerprint density at radius 3 is 2.31 bits per heavy atom. The highest BCUT2D eigenvalue weighted by Gasteiger charge is 2.11. The number of hydrogen-bond acceptors (Lipinski definition) is 4. The number of aromatic nitrogens is 1. The summed E-state index contributed by atoms with van der Waals surface area (Å²) in [5, 5.41) is 3.70. The predicted molar refractivity (Wildman–Crippen MR) is 115 cm³/mol. The molecular weight excluding hydrogens is 368 g/mol. The highest BCUT2D eigenvalue weighted by atomic mass is 16.5. The number of nitrogens with one attached hydrogen (secondary N) is 2. The maximum atomic E-state index is 12.4. The molecule has 0 unspecified atom stereocenters. The van der Waals surface area contributed by atoms with E-state index in [0.29, 0.717) is 34.9 Å². The van der Waals surface area contributed by atoms with Crippen molar-refractivity contribution >= 4 is 22.5 Å². The van der Waals surface area contributed by atoms with E-state index in [2.05, 4.69) is 24.1 Å². The molecule has 0 aliphatic heterocycles. The Morgan fingerprint density at radius 2 is 1.69 bits per heavy atom. The van der Waals surface area contributed by atoms with Gasteiger partial charge in [0.15, 0.2) is 11.5 Å². The smallest absolute Gasteiger partial charge is 0.251 e. The van der Waals surface area contributed by atoms with Gasteiger partial charge in [-0.25, -0.2) is 0 Å². The van der Waals surface area contributed by atoms with Crippen molar-refractivity contribution in [3.8, 4) is 11.5 Å². The monoisotopic (exact) mass is 394 g/mol. The van der Waals surface area contributed by atoms with Gasteiger partial charge in [-0.2, -0.15) is 0 Å². The molecule has 0 bridgehead atoms. The van der Waals surface area contributed by atoms with Gasteiger partial charge in [0.25, 0.3) is 5.56 Å². The van der Waals surface area contributed by atoms with E-state index in [-0.39, 0.29) is 17.9 Å². The molecule has 3 rings (SSSR count). The van der Waals surface area contributed by atoms with Crippen molar-refractivity contribution in [3.63, 3.8) is 0 Å². The number of fused-ring (bicyclic) bond motifs is 1. The van der Waals surface area contributed by atoms with Crippen LogP contribution < -0.4 is 20.3 Å². The van der Waals surface area contributed by atoms with Gasteiger partial charge in [-0.05, 0) is 42.2 Å². The molecule has 1 aromatic heterocycles. The third-order valence-corrected chi connectivity index (χ3v) is 4.91. The fourth-order valence-corrected chi connectivity index (χ4v) is 3.19. The fourth-order valence-electron chi connectivity index (χ4n) is 3.19. The van der Waals surface area contributed by atoms with Gasteiger partial charge in [0.1, 0.15) is 0 Å². The first-order valence-corrected chi connectivity index (χ1v) is 9.59. The number of pyridine rings is 1. The van der Waals surface area contributed by atoms with Gasteiger partial charge in [0.2, 0.25) is 5.91 Å². The summed E-state index contributed by atoms with van der Waals surface area (Å²) in [6, 6.07) is 13.1. The number of amides is 1. The Labute approximate surface area is 169 Å². The van der Waals surface area contributed by atoms with Gasteiger partial charge < -0.3 is 19.8 Å². The molecule has 29 heavy (non-hydrogen) atoms. The zero-order chi connectivity index (χ0) is 21.0. The molecule has 6 heteroatoms. The van der Waals surface area contributed by atoms with Crippen molar-refractivity contribution in [1.82, 2.24) is 4.98 Å². The summed E-state index contributed by atoms with van der Waals surface area (Å²) in [6.45, 7) is 4.25. The number of ether oxygens (including phenoxy) is 2. The molecule has 2 aromatic carbocycles. The number of aryl methyl sites for hydroxylation is 1. The average molecular weight is 394 g/mol. The van der Waals surface area contributed by atoms with Gasteiger partial charge >= 0.3 is 0 Å². The summed E-state index contributed by atoms with van der Waals surface area (Å²) >= 11 is 0. The molecule has 0 saturated carbocycles. The van der Waals surface area contributed by atoms with Crippen LogP contribution in [-0.2, 0) is 11.2 Å². The zero-order valence-corrected chi connectivity index (χ0v) is 17.2. The van der Waals surface area contributed by atoms with Crippen molar-refractivity contribution in [1.29, 1.82) is 0 Å². The highest BCUT2D eigenvalue weighted by molar-refractivity contribution is 5.91. The molecule has 0 radical (unpaired) electrons. The lowest BCUT2D eigenvalue weighted by Gasteiger charge is -2.10. The molecule has 0 saturated heterocycles. The second kappa shape index (κ2) is 8.82. The Balaban J connectivity index is 1.71. The van der Waals surface area contributed by atoms with Crippen LogP contribution in [0.15, 0.2) is 47.3 Å². The largest absolute Gasteiger partial charge is 0.493 e. The summed E-state index contributed by atoms with van der Waals surface area (Å²) in [7, 11) is 3.11. The second-order valence-corrected chi connectivity index (χ2v) is 7.24. The number of rotatable bonds is 7. The quantitative estimate of drug-likeness (QED) is 0.628. The van der Waals surface area contributed by atoms with E-state index < -0.39 is 0 Å². The standard InChI is InChI=1S/C23H26N2O4/c1-14(2)15-5-8-18(9-6-15)24-22(26)10-7-16-11-17-12-20(28-3)21(29-4)13-19(17)25-23(16)27/h5-6,8-9,11-14H,7,10H2,1-4H3,(H,24,26)(H,25,27). The maximum Gasteiger partial charge on any atom is 0.251 e. The maximum absolute atomic E-state index is 12.4. The molecule has 0 spiro atoms. The van der Waals surface area contributed by atoms with Gasteiger partial charge in [0, 0.05) is 29.1 Å². The summed E-state index contributed by atoms with van der Waals surface area (Å²) in [4.78, 5) is 27.6. The summed E-state index contributed by atoms with van der Waals surface area (Å²) < 4.78 is 10.6. The molecule has 1 heterocycles. The number of H-pyrrole nitrogens is 1. The Hall–Kier alpha value is -3.28. The van der Waals surface area contributed by atoms with Crippen LogP contribution in [0.5, 0.6) is 11.5 Å². The number of carbonyl (C=O) groups excluding carboxylic acids is 1. The minimum Gasteiger partial charge on any atom is -0.493 e. The van der Waals surface area contributed by atoms with Crippen molar-refractivity contribution in [3.05, 3.63) is 63.9 Å². The lowest BCUT2D eigenvalue weighted by Crippen LogP contribution is -2.17. The lowest BCUT2D eigenvalue weighted by atomic mass is 10.0. The average Bonchev–Trinajstić information content (AvgIpc) is 2.71. The van der Waals surface area contributed by atoms with Gasteiger partial charge in [0.05, 0.1) is 19.7 Å². The number of anilines is 1. The SMILES string of the molecule is COc1cc2cc(CCC(=O)Nc3ccc(C(C)C)cc3)c(=O)[nH]c2cc1OC. The van der Waals surface area contributed by atoms with E-state index in [9.17, 15) is 9.59 Å². The van der Waals surface area contributed by atoms with Crippen LogP contribution in [0.2, 0.25) is 0 Å². The summed E-state index contributed by atoms with van der Waals surface area (Å²) in [6.07, 6.45) is 0.559. The van der Waals surface area contributed by atoms with Crippen LogP contribution in [0.25, 0.3) is 10.9 Å². The fraction of sp³-hybridized carbons (Fsp3) is 0.304. The molecule has 152 valence electrons. The molecule has 3 aromatic rings. The topological polar surface area (TPSA) is 80.4 Å². The second-order valence-electron chi connectivity index (χ2n) is 7.24. The van der Waals surface area contributed by atoms with E-state index in [1.54, 1.807) is 26.4 Å². The summed E-state index contributed by atoms with van der Waals surface area (Å²) in [5.74, 6) is 1.44. The Bertz CT molecular complexity index is 1070. The van der Waals surface area contributed by atoms with Crippen LogP contribution in [0, 0.1) is 0 Å². The molecule has 2 N–H and O–H groups in total. The normalized spacial score (nSPS) is 10.9. The molecule has 1 amide bonds. The number of carbonyl (C=O) groups is 1. The molecule has 0 atom stereocenters. The molecular formula is C23H26N2O4. The molecule has 0 aliphatic rings. The zero-order valence-electron chi connectivity index (χ0n) is 17.2. The number of hydrogen-bond donors (Lipinski definition) is 2. The van der Waals surface area contributed by atoms with Crippen LogP contribution >= 0.6 is 0 Å². The highest BCUT2D eigenvalue weighted by Crippen LogP contribution is 2.31. The van der Waals surface area contributed by atoms with Crippen molar-refractivity contribution < 1.29 is 14.3 Å². The third kappa shape index (κ3) is 4.77. The van der Waals surface area contributed by atoms with Crippen LogP contribution in [0.3, 0.4) is 0 Å². The minimum absolute atomic E-state index is 0.130. The van der Waals surface area contributed by atoms with Crippen LogP contribution in [-0.4, -0.2) is 25.1 Å². The van der Waals surface area contributed by atoms with Crippen molar-refractivity contribution in [2.45, 2.75) is 32.6 Å². The van der Waals surface area contributed by atoms with Crippen LogP contribution in [0.4, 0.5) is 5.69 Å². The number of methoxy groups -OCH3 is 2. The van der Waals surface area contributed by atoms with E-state index in [0.717, 1.165) is 11.1 Å².